The molecule has 2 aliphatic rings. The summed E-state index contributed by atoms with van der Waals surface area (Å²) in [4.78, 5) is 13.5. The predicted octanol–water partition coefficient (Wildman–Crippen LogP) is 1.52. The number of likely N-dealkylation sites (N-methyl/N-ethyl adjacent to an activating group) is 1. The molecule has 0 radical (unpaired) electrons. The summed E-state index contributed by atoms with van der Waals surface area (Å²) in [5.41, 5.74) is 1.67. The van der Waals surface area contributed by atoms with E-state index >= 15 is 0 Å². The Morgan fingerprint density at radius 3 is 2.67 bits per heavy atom. The third-order valence-corrected chi connectivity index (χ3v) is 7.04. The zero-order valence-electron chi connectivity index (χ0n) is 14.1. The fraction of sp³-hybridized carbons (Fsp3) is 0.588. The predicted molar refractivity (Wildman–Crippen MR) is 91.4 cm³/mol. The summed E-state index contributed by atoms with van der Waals surface area (Å²) >= 11 is 0. The lowest BCUT2D eigenvalue weighted by molar-refractivity contribution is -0.116. The SMILES string of the molecule is CC(=O)N1CCc2cc(S(=O)(=O)N(C)[C@@H]3CCCC[C@@H]3O)ccc21. The monoisotopic (exact) mass is 352 g/mol. The van der Waals surface area contributed by atoms with E-state index in [-0.39, 0.29) is 16.8 Å². The van der Waals surface area contributed by atoms with Crippen LogP contribution >= 0.6 is 0 Å². The first kappa shape index (κ1) is 17.4. The van der Waals surface area contributed by atoms with Gasteiger partial charge in [-0.2, -0.15) is 4.31 Å². The topological polar surface area (TPSA) is 77.9 Å². The molecule has 0 bridgehead atoms. The zero-order chi connectivity index (χ0) is 17.5. The molecule has 0 unspecified atom stereocenters. The molecular weight excluding hydrogens is 328 g/mol. The summed E-state index contributed by atoms with van der Waals surface area (Å²) in [6.45, 7) is 2.10. The minimum absolute atomic E-state index is 0.0354. The van der Waals surface area contributed by atoms with Gasteiger partial charge in [-0.1, -0.05) is 12.8 Å². The van der Waals surface area contributed by atoms with Gasteiger partial charge in [0.05, 0.1) is 17.0 Å². The number of fused-ring (bicyclic) bond motifs is 1. The number of amides is 1. The quantitative estimate of drug-likeness (QED) is 0.895. The third kappa shape index (κ3) is 2.96. The average molecular weight is 352 g/mol. The van der Waals surface area contributed by atoms with Gasteiger partial charge in [-0.15, -0.1) is 0 Å². The van der Waals surface area contributed by atoms with Crippen molar-refractivity contribution in [3.8, 4) is 0 Å². The van der Waals surface area contributed by atoms with Crippen molar-refractivity contribution < 1.29 is 18.3 Å². The van der Waals surface area contributed by atoms with E-state index in [9.17, 15) is 18.3 Å². The highest BCUT2D eigenvalue weighted by molar-refractivity contribution is 7.89. The third-order valence-electron chi connectivity index (χ3n) is 5.16. The Morgan fingerprint density at radius 2 is 2.00 bits per heavy atom. The molecular formula is C17H24N2O4S. The van der Waals surface area contributed by atoms with Gasteiger partial charge in [0, 0.05) is 26.2 Å². The van der Waals surface area contributed by atoms with E-state index in [0.29, 0.717) is 25.8 Å². The van der Waals surface area contributed by atoms with Crippen LogP contribution in [0.5, 0.6) is 0 Å². The molecule has 1 saturated carbocycles. The summed E-state index contributed by atoms with van der Waals surface area (Å²) in [7, 11) is -2.12. The van der Waals surface area contributed by atoms with Crippen LogP contribution in [0.3, 0.4) is 0 Å². The van der Waals surface area contributed by atoms with Crippen LogP contribution in [0.25, 0.3) is 0 Å². The number of aliphatic hydroxyl groups excluding tert-OH is 1. The number of anilines is 1. The molecule has 1 aromatic carbocycles. The van der Waals surface area contributed by atoms with Gasteiger partial charge in [0.1, 0.15) is 0 Å². The van der Waals surface area contributed by atoms with Gasteiger partial charge < -0.3 is 10.0 Å². The van der Waals surface area contributed by atoms with E-state index < -0.39 is 16.1 Å². The molecule has 1 N–H and O–H groups in total. The van der Waals surface area contributed by atoms with Crippen molar-refractivity contribution in [3.63, 3.8) is 0 Å². The Labute approximate surface area is 143 Å². The number of hydrogen-bond acceptors (Lipinski definition) is 4. The molecule has 1 aliphatic carbocycles. The van der Waals surface area contributed by atoms with E-state index in [1.54, 1.807) is 30.1 Å². The zero-order valence-corrected chi connectivity index (χ0v) is 14.9. The summed E-state index contributed by atoms with van der Waals surface area (Å²) in [6.07, 6.45) is 3.24. The van der Waals surface area contributed by atoms with E-state index in [1.165, 1.54) is 11.2 Å². The van der Waals surface area contributed by atoms with Crippen LogP contribution in [0.4, 0.5) is 5.69 Å². The maximum Gasteiger partial charge on any atom is 0.243 e. The smallest absolute Gasteiger partial charge is 0.243 e. The van der Waals surface area contributed by atoms with Crippen LogP contribution < -0.4 is 4.90 Å². The van der Waals surface area contributed by atoms with Gasteiger partial charge in [-0.3, -0.25) is 4.79 Å². The molecule has 1 aliphatic heterocycles. The molecule has 0 saturated heterocycles. The summed E-state index contributed by atoms with van der Waals surface area (Å²) in [6, 6.07) is 4.56. The minimum Gasteiger partial charge on any atom is -0.391 e. The highest BCUT2D eigenvalue weighted by atomic mass is 32.2. The maximum atomic E-state index is 12.9. The van der Waals surface area contributed by atoms with Crippen molar-refractivity contribution in [2.75, 3.05) is 18.5 Å². The highest BCUT2D eigenvalue weighted by Crippen LogP contribution is 2.32. The van der Waals surface area contributed by atoms with Crippen molar-refractivity contribution in [1.82, 2.24) is 4.31 Å². The minimum atomic E-state index is -3.66. The number of benzene rings is 1. The van der Waals surface area contributed by atoms with Crippen LogP contribution in [0, 0.1) is 0 Å². The summed E-state index contributed by atoms with van der Waals surface area (Å²) in [5.74, 6) is -0.0354. The lowest BCUT2D eigenvalue weighted by Crippen LogP contribution is -2.46. The molecule has 1 fully saturated rings. The van der Waals surface area contributed by atoms with Crippen molar-refractivity contribution >= 4 is 21.6 Å². The molecule has 24 heavy (non-hydrogen) atoms. The van der Waals surface area contributed by atoms with E-state index in [4.69, 9.17) is 0 Å². The van der Waals surface area contributed by atoms with Crippen LogP contribution in [-0.2, 0) is 21.2 Å². The second-order valence-corrected chi connectivity index (χ2v) is 8.65. The lowest BCUT2D eigenvalue weighted by Gasteiger charge is -2.34. The van der Waals surface area contributed by atoms with Gasteiger partial charge in [0.2, 0.25) is 15.9 Å². The molecule has 0 aromatic heterocycles. The van der Waals surface area contributed by atoms with Gasteiger partial charge in [-0.25, -0.2) is 8.42 Å². The Hall–Kier alpha value is -1.44. The molecule has 2 atom stereocenters. The molecule has 1 aromatic rings. The normalized spacial score (nSPS) is 24.2. The van der Waals surface area contributed by atoms with Gasteiger partial charge in [0.15, 0.2) is 0 Å². The van der Waals surface area contributed by atoms with E-state index in [1.807, 2.05) is 0 Å². The Balaban J connectivity index is 1.89. The van der Waals surface area contributed by atoms with Gasteiger partial charge in [-0.05, 0) is 43.0 Å². The Morgan fingerprint density at radius 1 is 1.29 bits per heavy atom. The largest absolute Gasteiger partial charge is 0.391 e. The van der Waals surface area contributed by atoms with Crippen molar-refractivity contribution in [1.29, 1.82) is 0 Å². The first-order valence-electron chi connectivity index (χ1n) is 8.39. The number of carbonyl (C=O) groups is 1. The van der Waals surface area contributed by atoms with Crippen LogP contribution in [0.1, 0.15) is 38.2 Å². The summed E-state index contributed by atoms with van der Waals surface area (Å²) in [5, 5.41) is 10.2. The van der Waals surface area contributed by atoms with Crippen molar-refractivity contribution in [2.45, 2.75) is 56.1 Å². The molecule has 1 heterocycles. The molecule has 6 nitrogen and oxygen atoms in total. The second-order valence-electron chi connectivity index (χ2n) is 6.65. The first-order chi connectivity index (χ1) is 11.3. The van der Waals surface area contributed by atoms with Crippen molar-refractivity contribution in [2.24, 2.45) is 0 Å². The van der Waals surface area contributed by atoms with Crippen molar-refractivity contribution in [3.05, 3.63) is 23.8 Å². The van der Waals surface area contributed by atoms with Crippen LogP contribution in [-0.4, -0.2) is 49.5 Å². The summed E-state index contributed by atoms with van der Waals surface area (Å²) < 4.78 is 27.2. The molecule has 0 spiro atoms. The fourth-order valence-corrected chi connectivity index (χ4v) is 5.19. The maximum absolute atomic E-state index is 12.9. The van der Waals surface area contributed by atoms with Gasteiger partial charge in [0.25, 0.3) is 0 Å². The molecule has 3 rings (SSSR count). The number of sulfonamides is 1. The number of nitrogens with zero attached hydrogens (tertiary/aromatic N) is 2. The number of rotatable bonds is 3. The standard InChI is InChI=1S/C17H24N2O4S/c1-12(20)19-10-9-13-11-14(7-8-15(13)19)24(22,23)18(2)16-5-3-4-6-17(16)21/h7-8,11,16-17,21H,3-6,9-10H2,1-2H3/t16-,17+/m1/s1. The van der Waals surface area contributed by atoms with Crippen LogP contribution in [0.2, 0.25) is 0 Å². The Bertz CT molecular complexity index is 747. The molecule has 132 valence electrons. The highest BCUT2D eigenvalue weighted by Gasteiger charge is 2.35. The van der Waals surface area contributed by atoms with Crippen LogP contribution in [0.15, 0.2) is 23.1 Å². The Kier molecular flexibility index (Phi) is 4.68. The average Bonchev–Trinajstić information content (AvgIpc) is 2.98. The fourth-order valence-electron chi connectivity index (χ4n) is 3.73. The second kappa shape index (κ2) is 6.46. The first-order valence-corrected chi connectivity index (χ1v) is 9.83. The molecule has 7 heteroatoms. The number of aliphatic hydroxyl groups is 1. The van der Waals surface area contributed by atoms with E-state index in [2.05, 4.69) is 0 Å². The van der Waals surface area contributed by atoms with E-state index in [0.717, 1.165) is 24.1 Å². The lowest BCUT2D eigenvalue weighted by atomic mass is 9.93. The number of carbonyl (C=O) groups excluding carboxylic acids is 1. The molecule has 1 amide bonds. The number of hydrogen-bond donors (Lipinski definition) is 1. The van der Waals surface area contributed by atoms with Gasteiger partial charge >= 0.3 is 0 Å².